The second kappa shape index (κ2) is 14.1. The Morgan fingerprint density at radius 1 is 0.933 bits per heavy atom. The van der Waals surface area contributed by atoms with E-state index in [1.807, 2.05) is 41.3 Å². The molecule has 3 aromatic rings. The summed E-state index contributed by atoms with van der Waals surface area (Å²) in [4.78, 5) is 15.4. The maximum atomic E-state index is 16.1. The Morgan fingerprint density at radius 3 is 2.42 bits per heavy atom. The minimum Gasteiger partial charge on any atom is -0.508 e. The van der Waals surface area contributed by atoms with Crippen LogP contribution >= 0.6 is 0 Å². The van der Waals surface area contributed by atoms with Crippen molar-refractivity contribution in [2.24, 2.45) is 23.2 Å². The largest absolute Gasteiger partial charge is 0.508 e. The summed E-state index contributed by atoms with van der Waals surface area (Å²) in [5.74, 6) is 1.19. The molecule has 0 aliphatic heterocycles. The van der Waals surface area contributed by atoms with E-state index in [0.717, 1.165) is 81.0 Å². The zero-order chi connectivity index (χ0) is 31.4. The Kier molecular flexibility index (Phi) is 9.94. The topological polar surface area (TPSA) is 60.8 Å². The first-order valence-electron chi connectivity index (χ1n) is 17.3. The van der Waals surface area contributed by atoms with Crippen molar-refractivity contribution in [1.82, 2.24) is 4.90 Å². The minimum absolute atomic E-state index is 0.155. The minimum atomic E-state index is -0.977. The van der Waals surface area contributed by atoms with Gasteiger partial charge in [-0.15, -0.1) is 0 Å². The average molecular weight is 612 g/mol. The smallest absolute Gasteiger partial charge is 0.222 e. The van der Waals surface area contributed by atoms with Crippen LogP contribution in [0.4, 0.5) is 4.39 Å². The molecule has 0 heterocycles. The van der Waals surface area contributed by atoms with Gasteiger partial charge in [0, 0.05) is 25.4 Å². The van der Waals surface area contributed by atoms with Crippen LogP contribution in [0.2, 0.25) is 0 Å². The number of alkyl halides is 1. The van der Waals surface area contributed by atoms with E-state index < -0.39 is 12.3 Å². The van der Waals surface area contributed by atoms with Crippen molar-refractivity contribution in [2.45, 2.75) is 102 Å². The first kappa shape index (κ1) is 31.8. The number of unbranched alkanes of at least 4 members (excludes halogenated alkanes) is 2. The second-order valence-electron chi connectivity index (χ2n) is 14.4. The van der Waals surface area contributed by atoms with E-state index in [-0.39, 0.29) is 28.9 Å². The monoisotopic (exact) mass is 611 g/mol. The van der Waals surface area contributed by atoms with Crippen molar-refractivity contribution in [3.8, 4) is 5.75 Å². The summed E-state index contributed by atoms with van der Waals surface area (Å²) >= 11 is 0. The molecule has 45 heavy (non-hydrogen) atoms. The van der Waals surface area contributed by atoms with Gasteiger partial charge in [0.2, 0.25) is 5.91 Å². The zero-order valence-corrected chi connectivity index (χ0v) is 26.8. The quantitative estimate of drug-likeness (QED) is 0.202. The number of rotatable bonds is 12. The van der Waals surface area contributed by atoms with E-state index in [4.69, 9.17) is 0 Å². The van der Waals surface area contributed by atoms with E-state index in [0.29, 0.717) is 31.2 Å². The van der Waals surface area contributed by atoms with Crippen LogP contribution in [-0.2, 0) is 24.2 Å². The molecule has 5 heteroatoms. The number of aliphatic hydroxyl groups excluding tert-OH is 1. The molecule has 0 bridgehead atoms. The van der Waals surface area contributed by atoms with Gasteiger partial charge in [-0.05, 0) is 109 Å². The molecule has 6 unspecified atom stereocenters. The first-order chi connectivity index (χ1) is 21.8. The fourth-order valence-corrected chi connectivity index (χ4v) is 9.26. The SMILES string of the molecule is C[C@]12CC(F)C3c4ccc(O)cc4CC(CCCCCN(Cc4ccccc4)C(=O)CCCc4ccccc4)C3C1CCC2O. The lowest BCUT2D eigenvalue weighted by molar-refractivity contribution is -0.132. The maximum Gasteiger partial charge on any atom is 0.222 e. The fraction of sp³-hybridized carbons (Fsp3) is 0.525. The Balaban J connectivity index is 1.08. The van der Waals surface area contributed by atoms with Gasteiger partial charge < -0.3 is 15.1 Å². The molecule has 1 amide bonds. The standard InChI is InChI=1S/C40H50FNO3/c1-40-26-35(41)39-33-20-19-32(43)25-31(33)24-30(38(39)34(40)21-22-36(40)44)17-9-4-10-23-42(27-29-14-7-3-8-15-29)37(45)18-11-16-28-12-5-2-6-13-28/h2-3,5-8,12-15,19-20,25,30,34-36,38-39,43-44H,4,9-11,16-18,21-24,26-27H2,1H3/t30?,34?,35?,36?,38?,39?,40-/m0/s1. The summed E-state index contributed by atoms with van der Waals surface area (Å²) in [6.07, 6.45) is 7.93. The van der Waals surface area contributed by atoms with Crippen molar-refractivity contribution in [2.75, 3.05) is 6.54 Å². The molecule has 3 aromatic carbocycles. The number of phenols is 1. The van der Waals surface area contributed by atoms with Gasteiger partial charge >= 0.3 is 0 Å². The Bertz CT molecular complexity index is 1410. The van der Waals surface area contributed by atoms with E-state index in [1.165, 1.54) is 5.56 Å². The molecule has 4 nitrogen and oxygen atoms in total. The number of hydrogen-bond acceptors (Lipinski definition) is 3. The highest BCUT2D eigenvalue weighted by atomic mass is 19.1. The van der Waals surface area contributed by atoms with Gasteiger partial charge in [0.1, 0.15) is 11.9 Å². The molecule has 2 N–H and O–H groups in total. The fourth-order valence-electron chi connectivity index (χ4n) is 9.26. The number of amides is 1. The van der Waals surface area contributed by atoms with Gasteiger partial charge in [-0.1, -0.05) is 86.5 Å². The third-order valence-electron chi connectivity index (χ3n) is 11.5. The Labute approximate surface area is 268 Å². The molecule has 3 aliphatic carbocycles. The predicted octanol–water partition coefficient (Wildman–Crippen LogP) is 8.40. The number of aliphatic hydroxyl groups is 1. The molecule has 0 aromatic heterocycles. The number of nitrogens with zero attached hydrogens (tertiary/aromatic N) is 1. The number of aryl methyl sites for hydroxylation is 1. The van der Waals surface area contributed by atoms with Crippen LogP contribution < -0.4 is 0 Å². The van der Waals surface area contributed by atoms with Crippen LogP contribution in [0.5, 0.6) is 5.75 Å². The zero-order valence-electron chi connectivity index (χ0n) is 26.8. The van der Waals surface area contributed by atoms with E-state index in [1.54, 1.807) is 6.07 Å². The molecule has 2 fully saturated rings. The summed E-state index contributed by atoms with van der Waals surface area (Å²) < 4.78 is 16.1. The van der Waals surface area contributed by atoms with Crippen molar-refractivity contribution in [3.05, 3.63) is 101 Å². The number of phenolic OH excluding ortho intramolecular Hbond substituents is 1. The van der Waals surface area contributed by atoms with Gasteiger partial charge in [0.05, 0.1) is 6.10 Å². The maximum absolute atomic E-state index is 16.1. The average Bonchev–Trinajstić information content (AvgIpc) is 3.33. The highest BCUT2D eigenvalue weighted by Gasteiger charge is 2.59. The number of carbonyl (C=O) groups is 1. The van der Waals surface area contributed by atoms with Gasteiger partial charge in [-0.3, -0.25) is 4.79 Å². The Hall–Kier alpha value is -3.18. The number of benzene rings is 3. The van der Waals surface area contributed by atoms with Gasteiger partial charge in [0.15, 0.2) is 0 Å². The molecular weight excluding hydrogens is 561 g/mol. The molecule has 0 saturated heterocycles. The number of halogens is 1. The number of carbonyl (C=O) groups excluding carboxylic acids is 1. The summed E-state index contributed by atoms with van der Waals surface area (Å²) in [7, 11) is 0. The predicted molar refractivity (Wildman–Crippen MR) is 178 cm³/mol. The second-order valence-corrected chi connectivity index (χ2v) is 14.4. The van der Waals surface area contributed by atoms with E-state index in [2.05, 4.69) is 43.3 Å². The summed E-state index contributed by atoms with van der Waals surface area (Å²) in [6.45, 7) is 3.50. The van der Waals surface area contributed by atoms with Crippen molar-refractivity contribution < 1.29 is 19.4 Å². The van der Waals surface area contributed by atoms with Crippen LogP contribution in [0.3, 0.4) is 0 Å². The lowest BCUT2D eigenvalue weighted by Gasteiger charge is -2.54. The molecular formula is C40H50FNO3. The molecule has 7 atom stereocenters. The number of fused-ring (bicyclic) bond motifs is 5. The highest BCUT2D eigenvalue weighted by molar-refractivity contribution is 5.76. The van der Waals surface area contributed by atoms with Gasteiger partial charge in [-0.25, -0.2) is 4.39 Å². The normalized spacial score (nSPS) is 28.6. The lowest BCUT2D eigenvalue weighted by atomic mass is 9.51. The Morgan fingerprint density at radius 2 is 1.67 bits per heavy atom. The van der Waals surface area contributed by atoms with Crippen molar-refractivity contribution >= 4 is 5.91 Å². The molecule has 0 spiro atoms. The highest BCUT2D eigenvalue weighted by Crippen LogP contribution is 2.63. The van der Waals surface area contributed by atoms with Crippen LogP contribution in [0.1, 0.15) is 92.9 Å². The number of hydrogen-bond donors (Lipinski definition) is 2. The first-order valence-corrected chi connectivity index (χ1v) is 17.3. The molecule has 3 aliphatic rings. The van der Waals surface area contributed by atoms with Crippen molar-refractivity contribution in [1.29, 1.82) is 0 Å². The number of aromatic hydroxyl groups is 1. The van der Waals surface area contributed by atoms with Crippen LogP contribution in [-0.4, -0.2) is 39.8 Å². The summed E-state index contributed by atoms with van der Waals surface area (Å²) in [6, 6.07) is 26.2. The molecule has 6 rings (SSSR count). The van der Waals surface area contributed by atoms with Crippen LogP contribution in [0, 0.1) is 23.2 Å². The van der Waals surface area contributed by atoms with Crippen LogP contribution in [0.15, 0.2) is 78.9 Å². The third kappa shape index (κ3) is 6.99. The summed E-state index contributed by atoms with van der Waals surface area (Å²) in [5.41, 5.74) is 4.25. The van der Waals surface area contributed by atoms with Crippen molar-refractivity contribution in [3.63, 3.8) is 0 Å². The molecule has 240 valence electrons. The van der Waals surface area contributed by atoms with E-state index in [9.17, 15) is 15.0 Å². The van der Waals surface area contributed by atoms with E-state index >= 15 is 4.39 Å². The molecule has 0 radical (unpaired) electrons. The lowest BCUT2D eigenvalue weighted by Crippen LogP contribution is -2.51. The van der Waals surface area contributed by atoms with Gasteiger partial charge in [-0.2, -0.15) is 0 Å². The summed E-state index contributed by atoms with van der Waals surface area (Å²) in [5, 5.41) is 21.2. The van der Waals surface area contributed by atoms with Crippen LogP contribution in [0.25, 0.3) is 0 Å². The molecule has 2 saturated carbocycles. The third-order valence-corrected chi connectivity index (χ3v) is 11.5. The van der Waals surface area contributed by atoms with Gasteiger partial charge in [0.25, 0.3) is 0 Å².